The quantitative estimate of drug-likeness (QED) is 0.268. The SMILES string of the molecule is CC1CCC(C(=O)N(c2cc(C#CC(C)(C)CCOP(C)(C)=O)sc2C(=O)O)C2CCC(C)CC2)CC1. The molecule has 3 rings (SSSR count). The van der Waals surface area contributed by atoms with Crippen LogP contribution in [-0.4, -0.2) is 43.0 Å². The minimum absolute atomic E-state index is 0.0314. The highest BCUT2D eigenvalue weighted by atomic mass is 32.1. The van der Waals surface area contributed by atoms with Crippen LogP contribution in [-0.2, 0) is 13.9 Å². The maximum Gasteiger partial charge on any atom is 0.348 e. The maximum atomic E-state index is 14.0. The zero-order chi connectivity index (χ0) is 27.4. The van der Waals surface area contributed by atoms with Crippen LogP contribution in [0.15, 0.2) is 6.07 Å². The highest BCUT2D eigenvalue weighted by Crippen LogP contribution is 2.40. The third-order valence-electron chi connectivity index (χ3n) is 7.77. The molecule has 0 atom stereocenters. The zero-order valence-corrected chi connectivity index (χ0v) is 25.1. The molecule has 0 spiro atoms. The molecule has 0 aromatic carbocycles. The summed E-state index contributed by atoms with van der Waals surface area (Å²) in [5.74, 6) is 6.74. The molecular weight excluding hydrogens is 505 g/mol. The maximum absolute atomic E-state index is 14.0. The molecule has 0 aliphatic heterocycles. The minimum Gasteiger partial charge on any atom is -0.477 e. The first kappa shape index (κ1) is 29.9. The third kappa shape index (κ3) is 8.70. The fourth-order valence-electron chi connectivity index (χ4n) is 5.29. The fourth-order valence-corrected chi connectivity index (χ4v) is 6.66. The van der Waals surface area contributed by atoms with E-state index in [1.165, 1.54) is 0 Å². The summed E-state index contributed by atoms with van der Waals surface area (Å²) >= 11 is 1.15. The molecule has 1 aromatic rings. The van der Waals surface area contributed by atoms with Gasteiger partial charge in [0.25, 0.3) is 0 Å². The van der Waals surface area contributed by atoms with Gasteiger partial charge in [0, 0.05) is 30.7 Å². The van der Waals surface area contributed by atoms with Crippen LogP contribution in [0.1, 0.15) is 100 Å². The van der Waals surface area contributed by atoms with Crippen LogP contribution in [0.2, 0.25) is 0 Å². The molecule has 2 aliphatic carbocycles. The van der Waals surface area contributed by atoms with Gasteiger partial charge in [-0.1, -0.05) is 25.7 Å². The molecule has 37 heavy (non-hydrogen) atoms. The van der Waals surface area contributed by atoms with Gasteiger partial charge in [0.2, 0.25) is 5.91 Å². The van der Waals surface area contributed by atoms with E-state index in [2.05, 4.69) is 25.7 Å². The molecule has 0 bridgehead atoms. The number of aromatic carboxylic acids is 1. The molecule has 0 saturated heterocycles. The summed E-state index contributed by atoms with van der Waals surface area (Å²) in [6.07, 6.45) is 8.35. The Labute approximate surface area is 227 Å². The second-order valence-corrected chi connectivity index (χ2v) is 16.0. The lowest BCUT2D eigenvalue weighted by Crippen LogP contribution is -2.46. The summed E-state index contributed by atoms with van der Waals surface area (Å²) in [7, 11) is -2.55. The molecule has 1 N–H and O–H groups in total. The number of hydrogen-bond donors (Lipinski definition) is 1. The van der Waals surface area contributed by atoms with Crippen molar-refractivity contribution in [2.45, 2.75) is 91.5 Å². The van der Waals surface area contributed by atoms with Crippen LogP contribution in [0.25, 0.3) is 0 Å². The number of carboxylic acid groups (broad SMARTS) is 1. The summed E-state index contributed by atoms with van der Waals surface area (Å²) in [5.41, 5.74) is 0.125. The van der Waals surface area contributed by atoms with Crippen LogP contribution in [0.3, 0.4) is 0 Å². The Hall–Kier alpha value is -1.61. The van der Waals surface area contributed by atoms with E-state index in [1.807, 2.05) is 24.8 Å². The number of anilines is 1. The predicted molar refractivity (Wildman–Crippen MR) is 152 cm³/mol. The molecule has 6 nitrogen and oxygen atoms in total. The minimum atomic E-state index is -2.55. The number of thiophene rings is 1. The number of rotatable bonds is 8. The highest BCUT2D eigenvalue weighted by molar-refractivity contribution is 7.57. The lowest BCUT2D eigenvalue weighted by atomic mass is 9.81. The van der Waals surface area contributed by atoms with E-state index in [1.54, 1.807) is 13.3 Å². The Morgan fingerprint density at radius 1 is 1.08 bits per heavy atom. The Bertz CT molecular complexity index is 1060. The first-order valence-corrected chi connectivity index (χ1v) is 17.0. The van der Waals surface area contributed by atoms with Crippen molar-refractivity contribution < 1.29 is 23.8 Å². The summed E-state index contributed by atoms with van der Waals surface area (Å²) in [6, 6.07) is 1.85. The van der Waals surface area contributed by atoms with Gasteiger partial charge >= 0.3 is 5.97 Å². The standard InChI is InChI=1S/C29H44NO5PS/c1-20-7-11-22(12-8-20)27(31)30(23-13-9-21(2)10-14-23)25-19-24(37-26(25)28(32)33)15-16-29(3,4)17-18-35-36(5,6)34/h19-23H,7-14,17-18H2,1-6H3,(H,32,33). The van der Waals surface area contributed by atoms with Crippen molar-refractivity contribution in [3.05, 3.63) is 15.8 Å². The average Bonchev–Trinajstić information content (AvgIpc) is 3.23. The van der Waals surface area contributed by atoms with Crippen molar-refractivity contribution in [3.63, 3.8) is 0 Å². The molecule has 1 aromatic heterocycles. The molecule has 2 aliphatic rings. The van der Waals surface area contributed by atoms with Gasteiger partial charge in [-0.3, -0.25) is 9.36 Å². The largest absolute Gasteiger partial charge is 0.477 e. The second kappa shape index (κ2) is 12.5. The molecule has 2 saturated carbocycles. The molecule has 0 unspecified atom stereocenters. The van der Waals surface area contributed by atoms with E-state index in [0.717, 1.165) is 62.7 Å². The van der Waals surface area contributed by atoms with Crippen LogP contribution in [0, 0.1) is 35.0 Å². The fraction of sp³-hybridized carbons (Fsp3) is 0.724. The molecule has 1 heterocycles. The topological polar surface area (TPSA) is 83.9 Å². The molecular formula is C29H44NO5PS. The average molecular weight is 550 g/mol. The Kier molecular flexibility index (Phi) is 10.1. The van der Waals surface area contributed by atoms with Crippen molar-refractivity contribution in [3.8, 4) is 11.8 Å². The second-order valence-electron chi connectivity index (χ2n) is 12.2. The van der Waals surface area contributed by atoms with Gasteiger partial charge in [-0.2, -0.15) is 0 Å². The van der Waals surface area contributed by atoms with Crippen molar-refractivity contribution >= 4 is 36.3 Å². The predicted octanol–water partition coefficient (Wildman–Crippen LogP) is 7.51. The van der Waals surface area contributed by atoms with Crippen molar-refractivity contribution in [2.75, 3.05) is 24.8 Å². The normalized spacial score (nSPS) is 24.7. The van der Waals surface area contributed by atoms with Gasteiger partial charge in [0.15, 0.2) is 7.37 Å². The van der Waals surface area contributed by atoms with E-state index in [9.17, 15) is 19.3 Å². The molecule has 206 valence electrons. The number of carbonyl (C=O) groups is 2. The van der Waals surface area contributed by atoms with Crippen LogP contribution < -0.4 is 4.90 Å². The molecule has 8 heteroatoms. The van der Waals surface area contributed by atoms with Gasteiger partial charge in [0.05, 0.1) is 17.2 Å². The number of hydrogen-bond acceptors (Lipinski definition) is 5. The highest BCUT2D eigenvalue weighted by Gasteiger charge is 2.37. The Balaban J connectivity index is 1.90. The van der Waals surface area contributed by atoms with Crippen LogP contribution >= 0.6 is 18.7 Å². The number of carbonyl (C=O) groups excluding carboxylic acids is 1. The zero-order valence-electron chi connectivity index (χ0n) is 23.3. The molecule has 1 amide bonds. The van der Waals surface area contributed by atoms with E-state index in [-0.39, 0.29) is 22.7 Å². The van der Waals surface area contributed by atoms with Crippen molar-refractivity contribution in [2.24, 2.45) is 23.2 Å². The van der Waals surface area contributed by atoms with E-state index in [0.29, 0.717) is 35.4 Å². The van der Waals surface area contributed by atoms with E-state index >= 15 is 0 Å². The van der Waals surface area contributed by atoms with Gasteiger partial charge in [0.1, 0.15) is 4.88 Å². The summed E-state index contributed by atoms with van der Waals surface area (Å²) in [5, 5.41) is 10.1. The number of carboxylic acids is 1. The smallest absolute Gasteiger partial charge is 0.348 e. The van der Waals surface area contributed by atoms with E-state index in [4.69, 9.17) is 4.52 Å². The number of amides is 1. The number of nitrogens with zero attached hydrogens (tertiary/aromatic N) is 1. The lowest BCUT2D eigenvalue weighted by Gasteiger charge is -2.39. The Morgan fingerprint density at radius 3 is 2.19 bits per heavy atom. The lowest BCUT2D eigenvalue weighted by molar-refractivity contribution is -0.124. The van der Waals surface area contributed by atoms with Gasteiger partial charge in [-0.15, -0.1) is 11.3 Å². The Morgan fingerprint density at radius 2 is 1.65 bits per heavy atom. The summed E-state index contributed by atoms with van der Waals surface area (Å²) in [4.78, 5) is 29.0. The van der Waals surface area contributed by atoms with E-state index < -0.39 is 18.8 Å². The monoisotopic (exact) mass is 549 g/mol. The first-order chi connectivity index (χ1) is 17.3. The summed E-state index contributed by atoms with van der Waals surface area (Å²) in [6.45, 7) is 12.0. The van der Waals surface area contributed by atoms with Gasteiger partial charge in [-0.05, 0) is 89.5 Å². The first-order valence-electron chi connectivity index (χ1n) is 13.7. The summed E-state index contributed by atoms with van der Waals surface area (Å²) < 4.78 is 17.3. The third-order valence-corrected chi connectivity index (χ3v) is 9.60. The van der Waals surface area contributed by atoms with Crippen LogP contribution in [0.4, 0.5) is 5.69 Å². The molecule has 2 fully saturated rings. The van der Waals surface area contributed by atoms with Crippen LogP contribution in [0.5, 0.6) is 0 Å². The van der Waals surface area contributed by atoms with Crippen molar-refractivity contribution in [1.29, 1.82) is 0 Å². The van der Waals surface area contributed by atoms with Gasteiger partial charge < -0.3 is 14.5 Å². The van der Waals surface area contributed by atoms with Crippen molar-refractivity contribution in [1.82, 2.24) is 0 Å². The van der Waals surface area contributed by atoms with Gasteiger partial charge in [-0.25, -0.2) is 4.79 Å². The molecule has 0 radical (unpaired) electrons.